The lowest BCUT2D eigenvalue weighted by Crippen LogP contribution is -2.55. The van der Waals surface area contributed by atoms with Crippen LogP contribution in [-0.2, 0) is 9.53 Å². The van der Waals surface area contributed by atoms with Crippen molar-refractivity contribution < 1.29 is 14.6 Å². The van der Waals surface area contributed by atoms with Crippen molar-refractivity contribution in [2.24, 2.45) is 28.6 Å². The predicted molar refractivity (Wildman–Crippen MR) is 97.8 cm³/mol. The highest BCUT2D eigenvalue weighted by Gasteiger charge is 2.64. The average Bonchev–Trinajstić information content (AvgIpc) is 2.86. The molecule has 0 aliphatic heterocycles. The first-order valence-corrected chi connectivity index (χ1v) is 10.3. The highest BCUT2D eigenvalue weighted by Crippen LogP contribution is 2.67. The molecular formula is C22H31NO3. The fraction of sp³-hybridized carbons (Fsp3) is 0.818. The Labute approximate surface area is 156 Å². The molecule has 4 nitrogen and oxygen atoms in total. The van der Waals surface area contributed by atoms with Crippen molar-refractivity contribution in [2.75, 3.05) is 0 Å². The number of nitrogens with zero attached hydrogens (tertiary/aromatic N) is 1. The fourth-order valence-electron chi connectivity index (χ4n) is 7.28. The third-order valence-electron chi connectivity index (χ3n) is 8.68. The lowest BCUT2D eigenvalue weighted by molar-refractivity contribution is -0.148. The molecule has 142 valence electrons. The molecule has 0 aromatic rings. The molecule has 4 heteroatoms. The van der Waals surface area contributed by atoms with Gasteiger partial charge in [0.05, 0.1) is 6.07 Å². The van der Waals surface area contributed by atoms with E-state index in [0.29, 0.717) is 24.2 Å². The monoisotopic (exact) mass is 357 g/mol. The van der Waals surface area contributed by atoms with Gasteiger partial charge in [-0.25, -0.2) is 0 Å². The Morgan fingerprint density at radius 2 is 1.96 bits per heavy atom. The largest absolute Gasteiger partial charge is 0.458 e. The molecule has 1 N–H and O–H groups in total. The summed E-state index contributed by atoms with van der Waals surface area (Å²) < 4.78 is 5.67. The molecule has 26 heavy (non-hydrogen) atoms. The van der Waals surface area contributed by atoms with E-state index >= 15 is 0 Å². The number of carbonyl (C=O) groups is 1. The second-order valence-corrected chi connectivity index (χ2v) is 9.65. The predicted octanol–water partition coefficient (Wildman–Crippen LogP) is 4.14. The van der Waals surface area contributed by atoms with Crippen LogP contribution in [0.15, 0.2) is 11.6 Å². The Bertz CT molecular complexity index is 694. The van der Waals surface area contributed by atoms with Gasteiger partial charge in [0.2, 0.25) is 0 Å². The number of hydrogen-bond donors (Lipinski definition) is 1. The molecule has 4 aliphatic rings. The van der Waals surface area contributed by atoms with Gasteiger partial charge in [0.1, 0.15) is 6.10 Å². The fourth-order valence-corrected chi connectivity index (χ4v) is 7.28. The van der Waals surface area contributed by atoms with Crippen LogP contribution in [0, 0.1) is 39.9 Å². The van der Waals surface area contributed by atoms with Gasteiger partial charge < -0.3 is 9.84 Å². The van der Waals surface area contributed by atoms with Gasteiger partial charge in [0.25, 0.3) is 0 Å². The van der Waals surface area contributed by atoms with E-state index in [9.17, 15) is 15.2 Å². The highest BCUT2D eigenvalue weighted by molar-refractivity contribution is 5.66. The summed E-state index contributed by atoms with van der Waals surface area (Å²) in [6.07, 6.45) is 10.0. The van der Waals surface area contributed by atoms with Gasteiger partial charge in [-0.3, -0.25) is 4.79 Å². The minimum atomic E-state index is -1.17. The van der Waals surface area contributed by atoms with Crippen LogP contribution in [0.2, 0.25) is 0 Å². The van der Waals surface area contributed by atoms with Gasteiger partial charge in [0, 0.05) is 12.3 Å². The summed E-state index contributed by atoms with van der Waals surface area (Å²) in [5.74, 6) is 1.32. The minimum absolute atomic E-state index is 0.0554. The van der Waals surface area contributed by atoms with Crippen LogP contribution in [-0.4, -0.2) is 22.8 Å². The second-order valence-electron chi connectivity index (χ2n) is 9.65. The Hall–Kier alpha value is -1.34. The molecule has 7 atom stereocenters. The van der Waals surface area contributed by atoms with E-state index in [1.807, 2.05) is 0 Å². The number of fused-ring (bicyclic) bond motifs is 5. The molecule has 0 aromatic heterocycles. The SMILES string of the molecule is CC(=O)OC1CCCC2(C)C1=CCC1C2CCC2(C)C1CCC2(O)C#N. The first-order valence-electron chi connectivity index (χ1n) is 10.3. The summed E-state index contributed by atoms with van der Waals surface area (Å²) >= 11 is 0. The van der Waals surface area contributed by atoms with Crippen molar-refractivity contribution in [3.05, 3.63) is 11.6 Å². The smallest absolute Gasteiger partial charge is 0.303 e. The maximum atomic E-state index is 11.6. The van der Waals surface area contributed by atoms with E-state index in [4.69, 9.17) is 4.74 Å². The van der Waals surface area contributed by atoms with Crippen molar-refractivity contribution in [1.29, 1.82) is 5.26 Å². The van der Waals surface area contributed by atoms with Crippen molar-refractivity contribution in [3.8, 4) is 6.07 Å². The molecule has 0 saturated heterocycles. The normalized spacial score (nSPS) is 49.9. The van der Waals surface area contributed by atoms with Gasteiger partial charge in [-0.05, 0) is 80.1 Å². The number of carbonyl (C=O) groups excluding carboxylic acids is 1. The van der Waals surface area contributed by atoms with Crippen LogP contribution in [0.1, 0.15) is 72.1 Å². The molecule has 3 fully saturated rings. The zero-order valence-electron chi connectivity index (χ0n) is 16.3. The third-order valence-corrected chi connectivity index (χ3v) is 8.68. The molecule has 0 radical (unpaired) electrons. The lowest BCUT2D eigenvalue weighted by atomic mass is 9.47. The third kappa shape index (κ3) is 2.26. The van der Waals surface area contributed by atoms with E-state index in [1.54, 1.807) is 0 Å². The van der Waals surface area contributed by atoms with E-state index in [0.717, 1.165) is 44.9 Å². The number of rotatable bonds is 1. The van der Waals surface area contributed by atoms with Crippen LogP contribution >= 0.6 is 0 Å². The lowest BCUT2D eigenvalue weighted by Gasteiger charge is -2.58. The molecule has 0 amide bonds. The molecule has 3 saturated carbocycles. The number of allylic oxidation sites excluding steroid dienone is 1. The summed E-state index contributed by atoms with van der Waals surface area (Å²) in [6.45, 7) is 6.03. The molecule has 0 heterocycles. The van der Waals surface area contributed by atoms with Crippen molar-refractivity contribution in [2.45, 2.75) is 83.8 Å². The molecule has 4 aliphatic carbocycles. The Kier molecular flexibility index (Phi) is 4.04. The van der Waals surface area contributed by atoms with Crippen molar-refractivity contribution >= 4 is 5.97 Å². The van der Waals surface area contributed by atoms with Crippen molar-refractivity contribution in [1.82, 2.24) is 0 Å². The van der Waals surface area contributed by atoms with Crippen molar-refractivity contribution in [3.63, 3.8) is 0 Å². The zero-order chi connectivity index (χ0) is 18.7. The summed E-state index contributed by atoms with van der Waals surface area (Å²) in [7, 11) is 0. The first kappa shape index (κ1) is 18.0. The molecule has 4 rings (SSSR count). The minimum Gasteiger partial charge on any atom is -0.458 e. The van der Waals surface area contributed by atoms with Crippen LogP contribution in [0.25, 0.3) is 0 Å². The number of hydrogen-bond acceptors (Lipinski definition) is 4. The average molecular weight is 357 g/mol. The van der Waals surface area contributed by atoms with Gasteiger partial charge >= 0.3 is 5.97 Å². The number of aliphatic hydroxyl groups is 1. The van der Waals surface area contributed by atoms with E-state index < -0.39 is 5.60 Å². The maximum absolute atomic E-state index is 11.6. The molecule has 0 bridgehead atoms. The number of ether oxygens (including phenoxy) is 1. The van der Waals surface area contributed by atoms with Crippen LogP contribution in [0.3, 0.4) is 0 Å². The Morgan fingerprint density at radius 3 is 2.65 bits per heavy atom. The van der Waals surface area contributed by atoms with Crippen LogP contribution < -0.4 is 0 Å². The quantitative estimate of drug-likeness (QED) is 0.435. The molecule has 0 spiro atoms. The standard InChI is InChI=1S/C22H31NO3/c1-14(24)26-19-5-4-10-20(2)16-8-11-21(3)17(9-12-22(21,25)13-23)15(16)6-7-18(19)20/h7,15-17,19,25H,4-6,8-12H2,1-3H3. The van der Waals surface area contributed by atoms with E-state index in [-0.39, 0.29) is 22.9 Å². The zero-order valence-corrected chi connectivity index (χ0v) is 16.3. The summed E-state index contributed by atoms with van der Waals surface area (Å²) in [4.78, 5) is 11.6. The summed E-state index contributed by atoms with van der Waals surface area (Å²) in [5, 5.41) is 20.6. The first-order chi connectivity index (χ1) is 12.2. The van der Waals surface area contributed by atoms with E-state index in [1.165, 1.54) is 12.5 Å². The second kappa shape index (κ2) is 5.83. The summed E-state index contributed by atoms with van der Waals surface area (Å²) in [5.41, 5.74) is -0.0115. The van der Waals surface area contributed by atoms with E-state index in [2.05, 4.69) is 26.0 Å². The molecular weight excluding hydrogens is 326 g/mol. The molecule has 0 aromatic carbocycles. The van der Waals surface area contributed by atoms with Gasteiger partial charge in [0.15, 0.2) is 5.60 Å². The Morgan fingerprint density at radius 1 is 1.23 bits per heavy atom. The van der Waals surface area contributed by atoms with Crippen LogP contribution in [0.5, 0.6) is 0 Å². The topological polar surface area (TPSA) is 70.3 Å². The van der Waals surface area contributed by atoms with Gasteiger partial charge in [-0.1, -0.05) is 19.9 Å². The summed E-state index contributed by atoms with van der Waals surface area (Å²) in [6, 6.07) is 2.25. The Balaban J connectivity index is 1.68. The molecule has 7 unspecified atom stereocenters. The maximum Gasteiger partial charge on any atom is 0.303 e. The highest BCUT2D eigenvalue weighted by atomic mass is 16.5. The van der Waals surface area contributed by atoms with Crippen LogP contribution in [0.4, 0.5) is 0 Å². The van der Waals surface area contributed by atoms with Gasteiger partial charge in [-0.15, -0.1) is 0 Å². The van der Waals surface area contributed by atoms with Gasteiger partial charge in [-0.2, -0.15) is 5.26 Å². The number of nitriles is 1. The number of esters is 1.